The lowest BCUT2D eigenvalue weighted by molar-refractivity contribution is 0.163. The fourth-order valence-corrected chi connectivity index (χ4v) is 7.49. The maximum absolute atomic E-state index is 11.1. The molecule has 222 valence electrons. The molecule has 1 aliphatic heterocycles. The molecule has 0 saturated heterocycles. The Morgan fingerprint density at radius 1 is 0.727 bits per heavy atom. The van der Waals surface area contributed by atoms with Crippen molar-refractivity contribution in [3.8, 4) is 39.9 Å². The molecule has 0 fully saturated rings. The van der Waals surface area contributed by atoms with Crippen molar-refractivity contribution in [3.05, 3.63) is 119 Å². The van der Waals surface area contributed by atoms with E-state index in [1.807, 2.05) is 36.4 Å². The number of ether oxygens (including phenoxy) is 4. The predicted octanol–water partition coefficient (Wildman–Crippen LogP) is 9.01. The van der Waals surface area contributed by atoms with Crippen LogP contribution < -0.4 is 18.9 Å². The number of fused-ring (bicyclic) bond motifs is 8. The number of hydrogen-bond donors (Lipinski definition) is 1. The summed E-state index contributed by atoms with van der Waals surface area (Å²) < 4.78 is 24.0. The van der Waals surface area contributed by atoms with Gasteiger partial charge < -0.3 is 24.1 Å². The number of methoxy groups -OCH3 is 3. The first-order valence-corrected chi connectivity index (χ1v) is 15.1. The molecule has 0 aromatic heterocycles. The monoisotopic (exact) mass is 584 g/mol. The zero-order chi connectivity index (χ0) is 30.6. The van der Waals surface area contributed by atoms with Gasteiger partial charge in [0.15, 0.2) is 17.1 Å². The van der Waals surface area contributed by atoms with E-state index in [1.54, 1.807) is 21.3 Å². The second-order valence-electron chi connectivity index (χ2n) is 11.5. The number of benzene rings is 5. The van der Waals surface area contributed by atoms with Gasteiger partial charge >= 0.3 is 0 Å². The van der Waals surface area contributed by atoms with E-state index in [9.17, 15) is 5.11 Å². The third-order valence-corrected chi connectivity index (χ3v) is 9.78. The number of phenols is 1. The average Bonchev–Trinajstić information content (AvgIpc) is 3.38. The van der Waals surface area contributed by atoms with Crippen LogP contribution in [0.5, 0.6) is 28.7 Å². The molecule has 5 aromatic carbocycles. The summed E-state index contributed by atoms with van der Waals surface area (Å²) in [7, 11) is 4.92. The highest BCUT2D eigenvalue weighted by Gasteiger charge is 2.47. The van der Waals surface area contributed by atoms with Crippen molar-refractivity contribution in [2.45, 2.75) is 37.7 Å². The van der Waals surface area contributed by atoms with Crippen molar-refractivity contribution in [3.63, 3.8) is 0 Å². The Kier molecular flexibility index (Phi) is 6.58. The molecule has 5 nitrogen and oxygen atoms in total. The highest BCUT2D eigenvalue weighted by Crippen LogP contribution is 2.61. The molecular weight excluding hydrogens is 548 g/mol. The Labute approximate surface area is 258 Å². The molecule has 7 rings (SSSR count). The van der Waals surface area contributed by atoms with Crippen LogP contribution in [0.25, 0.3) is 28.0 Å². The van der Waals surface area contributed by atoms with Gasteiger partial charge in [0, 0.05) is 27.5 Å². The zero-order valence-electron chi connectivity index (χ0n) is 25.7. The Bertz CT molecular complexity index is 1870. The minimum absolute atomic E-state index is 0.105. The minimum Gasteiger partial charge on any atom is -0.504 e. The van der Waals surface area contributed by atoms with Crippen LogP contribution in [-0.4, -0.2) is 26.4 Å². The summed E-state index contributed by atoms with van der Waals surface area (Å²) in [6.07, 6.45) is 6.30. The summed E-state index contributed by atoms with van der Waals surface area (Å²) >= 11 is 0. The minimum atomic E-state index is -0.940. The second kappa shape index (κ2) is 10.4. The Balaban J connectivity index is 1.58. The van der Waals surface area contributed by atoms with Gasteiger partial charge in [-0.05, 0) is 83.0 Å². The van der Waals surface area contributed by atoms with Gasteiger partial charge in [0.05, 0.1) is 21.3 Å². The first-order chi connectivity index (χ1) is 21.4. The Hall–Kier alpha value is -4.90. The summed E-state index contributed by atoms with van der Waals surface area (Å²) in [5, 5.41) is 12.9. The highest BCUT2D eigenvalue weighted by atomic mass is 16.5. The third kappa shape index (κ3) is 3.78. The van der Waals surface area contributed by atoms with Crippen molar-refractivity contribution in [2.75, 3.05) is 21.3 Å². The van der Waals surface area contributed by atoms with Crippen molar-refractivity contribution in [1.29, 1.82) is 0 Å². The van der Waals surface area contributed by atoms with Crippen molar-refractivity contribution < 1.29 is 24.1 Å². The van der Waals surface area contributed by atoms with E-state index in [0.717, 1.165) is 63.1 Å². The van der Waals surface area contributed by atoms with Gasteiger partial charge in [-0.3, -0.25) is 0 Å². The molecule has 0 amide bonds. The molecule has 1 N–H and O–H groups in total. The lowest BCUT2D eigenvalue weighted by atomic mass is 9.71. The smallest absolute Gasteiger partial charge is 0.178 e. The zero-order valence-corrected chi connectivity index (χ0v) is 25.7. The van der Waals surface area contributed by atoms with E-state index >= 15 is 0 Å². The summed E-state index contributed by atoms with van der Waals surface area (Å²) in [5.41, 5.74) is 6.79. The molecule has 0 radical (unpaired) electrons. The SMILES string of the molecule is CCC1(CC)c2ccccc2-c2c1c1c(c3cc(OC)c(O)cc23)OC(c2ccc(OC)cc2)(c2ccc(OC)cc2)C=C1. The summed E-state index contributed by atoms with van der Waals surface area (Å²) in [4.78, 5) is 0. The molecule has 2 aliphatic rings. The number of hydrogen-bond acceptors (Lipinski definition) is 5. The average molecular weight is 585 g/mol. The van der Waals surface area contributed by atoms with Crippen LogP contribution >= 0.6 is 0 Å². The van der Waals surface area contributed by atoms with E-state index < -0.39 is 5.60 Å². The molecule has 0 saturated carbocycles. The predicted molar refractivity (Wildman–Crippen MR) is 175 cm³/mol. The summed E-state index contributed by atoms with van der Waals surface area (Å²) in [5.74, 6) is 2.82. The van der Waals surface area contributed by atoms with Crippen LogP contribution in [0.3, 0.4) is 0 Å². The molecule has 44 heavy (non-hydrogen) atoms. The van der Waals surface area contributed by atoms with Crippen LogP contribution in [0.1, 0.15) is 54.5 Å². The van der Waals surface area contributed by atoms with Crippen molar-refractivity contribution in [1.82, 2.24) is 0 Å². The molecule has 0 bridgehead atoms. The highest BCUT2D eigenvalue weighted by molar-refractivity contribution is 6.09. The molecule has 0 unspecified atom stereocenters. The number of aromatic hydroxyl groups is 1. The first-order valence-electron chi connectivity index (χ1n) is 15.1. The molecule has 5 aromatic rings. The topological polar surface area (TPSA) is 57.2 Å². The summed E-state index contributed by atoms with van der Waals surface area (Å²) in [6.45, 7) is 4.54. The van der Waals surface area contributed by atoms with Gasteiger partial charge in [-0.15, -0.1) is 0 Å². The second-order valence-corrected chi connectivity index (χ2v) is 11.5. The maximum Gasteiger partial charge on any atom is 0.178 e. The van der Waals surface area contributed by atoms with Gasteiger partial charge in [-0.2, -0.15) is 0 Å². The largest absolute Gasteiger partial charge is 0.504 e. The van der Waals surface area contributed by atoms with Crippen LogP contribution in [-0.2, 0) is 11.0 Å². The van der Waals surface area contributed by atoms with Gasteiger partial charge in [0.1, 0.15) is 17.2 Å². The van der Waals surface area contributed by atoms with E-state index in [1.165, 1.54) is 16.7 Å². The molecule has 5 heteroatoms. The van der Waals surface area contributed by atoms with Gasteiger partial charge in [-0.25, -0.2) is 0 Å². The number of phenolic OH excluding ortho intramolecular Hbond substituents is 1. The molecule has 0 spiro atoms. The lowest BCUT2D eigenvalue weighted by Gasteiger charge is -2.39. The van der Waals surface area contributed by atoms with Crippen molar-refractivity contribution >= 4 is 16.8 Å². The summed E-state index contributed by atoms with van der Waals surface area (Å²) in [6, 6.07) is 28.5. The van der Waals surface area contributed by atoms with Crippen LogP contribution in [0.4, 0.5) is 0 Å². The van der Waals surface area contributed by atoms with Gasteiger partial charge in [0.2, 0.25) is 0 Å². The quantitative estimate of drug-likeness (QED) is 0.207. The normalized spacial score (nSPS) is 15.2. The molecular formula is C39H36O5. The number of rotatable bonds is 7. The van der Waals surface area contributed by atoms with E-state index in [4.69, 9.17) is 18.9 Å². The van der Waals surface area contributed by atoms with Gasteiger partial charge in [0.25, 0.3) is 0 Å². The molecule has 1 heterocycles. The lowest BCUT2D eigenvalue weighted by Crippen LogP contribution is -2.35. The molecule has 0 atom stereocenters. The fourth-order valence-electron chi connectivity index (χ4n) is 7.49. The Morgan fingerprint density at radius 2 is 1.34 bits per heavy atom. The van der Waals surface area contributed by atoms with Gasteiger partial charge in [-0.1, -0.05) is 68.5 Å². The van der Waals surface area contributed by atoms with E-state index in [0.29, 0.717) is 5.75 Å². The molecule has 1 aliphatic carbocycles. The van der Waals surface area contributed by atoms with E-state index in [2.05, 4.69) is 74.5 Å². The Morgan fingerprint density at radius 3 is 1.91 bits per heavy atom. The van der Waals surface area contributed by atoms with E-state index in [-0.39, 0.29) is 11.2 Å². The standard InChI is InChI=1S/C39H36O5/c1-6-38(7-2)32-11-9-8-10-28(32)35-30-22-33(40)34(43-5)23-31(30)37-29(36(35)38)20-21-39(44-37,24-12-16-26(41-3)17-13-24)25-14-18-27(42-4)19-15-25/h8-23,40H,6-7H2,1-5H3. The van der Waals surface area contributed by atoms with Crippen LogP contribution in [0, 0.1) is 0 Å². The fraction of sp³-hybridized carbons (Fsp3) is 0.231. The maximum atomic E-state index is 11.1. The first kappa shape index (κ1) is 27.9. The third-order valence-electron chi connectivity index (χ3n) is 9.78. The van der Waals surface area contributed by atoms with Crippen LogP contribution in [0.15, 0.2) is 91.0 Å². The van der Waals surface area contributed by atoms with Crippen molar-refractivity contribution in [2.24, 2.45) is 0 Å². The van der Waals surface area contributed by atoms with Crippen LogP contribution in [0.2, 0.25) is 0 Å².